The van der Waals surface area contributed by atoms with E-state index in [2.05, 4.69) is 24.3 Å². The average Bonchev–Trinajstić information content (AvgIpc) is 3.14. The van der Waals surface area contributed by atoms with Crippen molar-refractivity contribution in [2.45, 2.75) is 57.2 Å². The van der Waals surface area contributed by atoms with E-state index in [1.54, 1.807) is 0 Å². The lowest BCUT2D eigenvalue weighted by molar-refractivity contribution is -0.0130. The van der Waals surface area contributed by atoms with Crippen molar-refractivity contribution in [3.8, 4) is 0 Å². The van der Waals surface area contributed by atoms with Gasteiger partial charge in [0.1, 0.15) is 18.5 Å². The Bertz CT molecular complexity index is 491. The van der Waals surface area contributed by atoms with Crippen molar-refractivity contribution in [1.29, 1.82) is 0 Å². The van der Waals surface area contributed by atoms with Gasteiger partial charge in [-0.05, 0) is 68.7 Å². The molecular weight excluding hydrogens is 264 g/mol. The molecule has 2 saturated heterocycles. The molecule has 3 heteroatoms. The van der Waals surface area contributed by atoms with E-state index >= 15 is 0 Å². The number of ether oxygens (including phenoxy) is 3. The molecule has 2 atom stereocenters. The Kier molecular flexibility index (Phi) is 3.50. The number of fused-ring (bicyclic) bond motifs is 2. The molecule has 4 aliphatic rings. The summed E-state index contributed by atoms with van der Waals surface area (Å²) in [5.41, 5.74) is 1.42. The molecule has 0 bridgehead atoms. The number of hydrogen-bond donors (Lipinski definition) is 0. The van der Waals surface area contributed by atoms with Gasteiger partial charge in [-0.3, -0.25) is 0 Å². The zero-order valence-electron chi connectivity index (χ0n) is 12.3. The molecule has 0 N–H and O–H groups in total. The standard InChI is InChI=1S/C18H22O3/c1-4-13-10-11-14(20-16(13)7-1)5-2-6-15-12-19-17-8-3-9-18(17)21-15/h4,7-9,14-15H,1-3,5-6,10-12H2. The van der Waals surface area contributed by atoms with Crippen LogP contribution in [0.25, 0.3) is 0 Å². The normalized spacial score (nSPS) is 29.9. The first-order chi connectivity index (χ1) is 10.4. The van der Waals surface area contributed by atoms with E-state index < -0.39 is 0 Å². The van der Waals surface area contributed by atoms with Crippen LogP contribution >= 0.6 is 0 Å². The van der Waals surface area contributed by atoms with Gasteiger partial charge in [0.2, 0.25) is 0 Å². The van der Waals surface area contributed by atoms with Crippen LogP contribution in [-0.4, -0.2) is 18.8 Å². The summed E-state index contributed by atoms with van der Waals surface area (Å²) in [6.45, 7) is 0.687. The van der Waals surface area contributed by atoms with E-state index in [1.807, 2.05) is 0 Å². The van der Waals surface area contributed by atoms with Gasteiger partial charge in [-0.2, -0.15) is 0 Å². The van der Waals surface area contributed by atoms with Gasteiger partial charge in [0.05, 0.1) is 6.10 Å². The third-order valence-electron chi connectivity index (χ3n) is 4.63. The first kappa shape index (κ1) is 13.1. The van der Waals surface area contributed by atoms with Crippen LogP contribution in [0.2, 0.25) is 0 Å². The fraction of sp³-hybridized carbons (Fsp3) is 0.556. The number of allylic oxidation sites excluding steroid dienone is 5. The van der Waals surface area contributed by atoms with Gasteiger partial charge in [0, 0.05) is 0 Å². The highest BCUT2D eigenvalue weighted by atomic mass is 16.6. The molecule has 21 heavy (non-hydrogen) atoms. The van der Waals surface area contributed by atoms with Crippen molar-refractivity contribution >= 4 is 0 Å². The van der Waals surface area contributed by atoms with Crippen molar-refractivity contribution in [3.63, 3.8) is 0 Å². The van der Waals surface area contributed by atoms with Crippen LogP contribution in [0.5, 0.6) is 0 Å². The fourth-order valence-electron chi connectivity index (χ4n) is 3.47. The lowest BCUT2D eigenvalue weighted by Gasteiger charge is -2.29. The SMILES string of the molecule is C1=C2CCC(CCCC3COC4=CCC=C4O3)OC2=CC1. The van der Waals surface area contributed by atoms with Gasteiger partial charge in [0.15, 0.2) is 11.5 Å². The third kappa shape index (κ3) is 2.74. The summed E-state index contributed by atoms with van der Waals surface area (Å²) in [5, 5.41) is 0. The molecule has 112 valence electrons. The van der Waals surface area contributed by atoms with Crippen molar-refractivity contribution < 1.29 is 14.2 Å². The molecular formula is C18H22O3. The second kappa shape index (κ2) is 5.63. The first-order valence-electron chi connectivity index (χ1n) is 8.15. The molecule has 0 aromatic carbocycles. The Labute approximate surface area is 126 Å². The molecule has 3 nitrogen and oxygen atoms in total. The van der Waals surface area contributed by atoms with Crippen molar-refractivity contribution in [2.75, 3.05) is 6.61 Å². The molecule has 0 radical (unpaired) electrons. The topological polar surface area (TPSA) is 27.7 Å². The van der Waals surface area contributed by atoms with Gasteiger partial charge in [-0.25, -0.2) is 0 Å². The van der Waals surface area contributed by atoms with Crippen LogP contribution in [0.3, 0.4) is 0 Å². The Balaban J connectivity index is 1.22. The first-order valence-corrected chi connectivity index (χ1v) is 8.15. The van der Waals surface area contributed by atoms with Gasteiger partial charge in [-0.1, -0.05) is 6.08 Å². The molecule has 0 spiro atoms. The minimum absolute atomic E-state index is 0.205. The summed E-state index contributed by atoms with van der Waals surface area (Å²) in [5.74, 6) is 3.04. The van der Waals surface area contributed by atoms with Gasteiger partial charge < -0.3 is 14.2 Å². The minimum Gasteiger partial charge on any atom is -0.490 e. The van der Waals surface area contributed by atoms with Crippen LogP contribution < -0.4 is 0 Å². The second-order valence-corrected chi connectivity index (χ2v) is 6.17. The van der Waals surface area contributed by atoms with Crippen LogP contribution in [0.1, 0.15) is 44.9 Å². The van der Waals surface area contributed by atoms with E-state index in [1.165, 1.54) is 12.0 Å². The van der Waals surface area contributed by atoms with E-state index in [0.717, 1.165) is 55.8 Å². The highest BCUT2D eigenvalue weighted by Gasteiger charge is 2.27. The zero-order valence-corrected chi connectivity index (χ0v) is 12.3. The predicted molar refractivity (Wildman–Crippen MR) is 80.3 cm³/mol. The Morgan fingerprint density at radius 2 is 1.62 bits per heavy atom. The van der Waals surface area contributed by atoms with Crippen LogP contribution in [0, 0.1) is 0 Å². The fourth-order valence-corrected chi connectivity index (χ4v) is 3.47. The van der Waals surface area contributed by atoms with Crippen molar-refractivity contribution in [2.24, 2.45) is 0 Å². The van der Waals surface area contributed by atoms with Crippen LogP contribution in [-0.2, 0) is 14.2 Å². The molecule has 2 aliphatic carbocycles. The van der Waals surface area contributed by atoms with Gasteiger partial charge >= 0.3 is 0 Å². The summed E-state index contributed by atoms with van der Waals surface area (Å²) in [4.78, 5) is 0. The summed E-state index contributed by atoms with van der Waals surface area (Å²) in [7, 11) is 0. The van der Waals surface area contributed by atoms with Crippen molar-refractivity contribution in [1.82, 2.24) is 0 Å². The van der Waals surface area contributed by atoms with E-state index in [9.17, 15) is 0 Å². The van der Waals surface area contributed by atoms with Gasteiger partial charge in [0.25, 0.3) is 0 Å². The lowest BCUT2D eigenvalue weighted by atomic mass is 9.99. The maximum absolute atomic E-state index is 6.07. The molecule has 0 aromatic heterocycles. The summed E-state index contributed by atoms with van der Waals surface area (Å²) < 4.78 is 17.8. The molecule has 0 saturated carbocycles. The molecule has 2 fully saturated rings. The molecule has 2 unspecified atom stereocenters. The third-order valence-corrected chi connectivity index (χ3v) is 4.63. The minimum atomic E-state index is 0.205. The Morgan fingerprint density at radius 1 is 0.857 bits per heavy atom. The molecule has 0 aromatic rings. The van der Waals surface area contributed by atoms with Crippen LogP contribution in [0.15, 0.2) is 47.2 Å². The maximum atomic E-state index is 6.07. The zero-order chi connectivity index (χ0) is 14.1. The van der Waals surface area contributed by atoms with E-state index in [4.69, 9.17) is 14.2 Å². The van der Waals surface area contributed by atoms with Crippen molar-refractivity contribution in [3.05, 3.63) is 47.2 Å². The predicted octanol–water partition coefficient (Wildman–Crippen LogP) is 4.14. The van der Waals surface area contributed by atoms with E-state index in [-0.39, 0.29) is 6.10 Å². The highest BCUT2D eigenvalue weighted by Crippen LogP contribution is 2.34. The van der Waals surface area contributed by atoms with Gasteiger partial charge in [-0.15, -0.1) is 0 Å². The highest BCUT2D eigenvalue weighted by molar-refractivity contribution is 5.34. The van der Waals surface area contributed by atoms with E-state index in [0.29, 0.717) is 12.7 Å². The molecule has 2 heterocycles. The Hall–Kier alpha value is -1.64. The summed E-state index contributed by atoms with van der Waals surface area (Å²) in [6.07, 6.45) is 16.9. The lowest BCUT2D eigenvalue weighted by Crippen LogP contribution is -2.26. The van der Waals surface area contributed by atoms with Crippen LogP contribution in [0.4, 0.5) is 0 Å². The smallest absolute Gasteiger partial charge is 0.157 e. The molecule has 4 rings (SSSR count). The second-order valence-electron chi connectivity index (χ2n) is 6.17. The largest absolute Gasteiger partial charge is 0.490 e. The summed E-state index contributed by atoms with van der Waals surface area (Å²) >= 11 is 0. The summed E-state index contributed by atoms with van der Waals surface area (Å²) in [6, 6.07) is 0. The average molecular weight is 286 g/mol. The monoisotopic (exact) mass is 286 g/mol. The number of hydrogen-bond acceptors (Lipinski definition) is 3. The molecule has 0 amide bonds. The maximum Gasteiger partial charge on any atom is 0.157 e. The number of rotatable bonds is 4. The Morgan fingerprint density at radius 3 is 2.62 bits per heavy atom. The quantitative estimate of drug-likeness (QED) is 0.777. The molecule has 2 aliphatic heterocycles.